The second-order valence-corrected chi connectivity index (χ2v) is 2.94. The van der Waals surface area contributed by atoms with Gasteiger partial charge in [0.1, 0.15) is 0 Å². The van der Waals surface area contributed by atoms with Gasteiger partial charge in [0.25, 0.3) is 0 Å². The minimum atomic E-state index is -0.929. The molecule has 1 aromatic rings. The Hall–Kier alpha value is -1.86. The highest BCUT2D eigenvalue weighted by Crippen LogP contribution is 2.14. The Morgan fingerprint density at radius 3 is 2.50 bits per heavy atom. The predicted octanol–water partition coefficient (Wildman–Crippen LogP) is 1.03. The average molecular weight is 190 g/mol. The van der Waals surface area contributed by atoms with Gasteiger partial charge in [-0.15, -0.1) is 0 Å². The van der Waals surface area contributed by atoms with Crippen molar-refractivity contribution in [3.8, 4) is 6.07 Å². The lowest BCUT2D eigenvalue weighted by molar-refractivity contribution is -0.137. The molecule has 0 aliphatic rings. The van der Waals surface area contributed by atoms with Crippen molar-refractivity contribution in [3.05, 3.63) is 35.4 Å². The molecule has 0 heterocycles. The maximum Gasteiger partial charge on any atom is 0.305 e. The van der Waals surface area contributed by atoms with Crippen LogP contribution in [0.4, 0.5) is 0 Å². The second kappa shape index (κ2) is 4.40. The van der Waals surface area contributed by atoms with E-state index in [1.807, 2.05) is 6.07 Å². The van der Waals surface area contributed by atoms with Crippen molar-refractivity contribution in [2.24, 2.45) is 5.73 Å². The number of carboxylic acids is 1. The summed E-state index contributed by atoms with van der Waals surface area (Å²) in [7, 11) is 0. The molecule has 1 aromatic carbocycles. The van der Waals surface area contributed by atoms with Crippen molar-refractivity contribution in [1.82, 2.24) is 0 Å². The van der Waals surface area contributed by atoms with Crippen LogP contribution in [-0.2, 0) is 4.79 Å². The third-order valence-corrected chi connectivity index (χ3v) is 1.86. The van der Waals surface area contributed by atoms with Crippen LogP contribution in [0.15, 0.2) is 24.3 Å². The van der Waals surface area contributed by atoms with Gasteiger partial charge in [0.05, 0.1) is 18.1 Å². The van der Waals surface area contributed by atoms with E-state index < -0.39 is 12.0 Å². The van der Waals surface area contributed by atoms with Crippen LogP contribution in [0, 0.1) is 11.3 Å². The zero-order valence-corrected chi connectivity index (χ0v) is 7.47. The van der Waals surface area contributed by atoms with Crippen molar-refractivity contribution in [1.29, 1.82) is 5.26 Å². The van der Waals surface area contributed by atoms with Gasteiger partial charge in [0.15, 0.2) is 0 Å². The molecular weight excluding hydrogens is 180 g/mol. The summed E-state index contributed by atoms with van der Waals surface area (Å²) in [6, 6.07) is 8.05. The van der Waals surface area contributed by atoms with Crippen LogP contribution < -0.4 is 5.73 Å². The van der Waals surface area contributed by atoms with E-state index in [1.54, 1.807) is 24.3 Å². The molecule has 14 heavy (non-hydrogen) atoms. The maximum absolute atomic E-state index is 10.4. The van der Waals surface area contributed by atoms with Crippen LogP contribution in [0.2, 0.25) is 0 Å². The topological polar surface area (TPSA) is 87.1 Å². The largest absolute Gasteiger partial charge is 0.481 e. The Balaban J connectivity index is 2.77. The minimum Gasteiger partial charge on any atom is -0.481 e. The Labute approximate surface area is 81.6 Å². The number of aliphatic carboxylic acids is 1. The molecule has 4 nitrogen and oxygen atoms in total. The average Bonchev–Trinajstić information content (AvgIpc) is 2.17. The molecule has 0 radical (unpaired) electrons. The SMILES string of the molecule is N#Cc1ccc([C@H](N)CC(=O)O)cc1. The standard InChI is InChI=1S/C10H10N2O2/c11-6-7-1-3-8(4-2-7)9(12)5-10(13)14/h1-4,9H,5,12H2,(H,13,14)/t9-/m1/s1. The molecule has 0 aliphatic heterocycles. The first-order valence-electron chi connectivity index (χ1n) is 4.11. The molecule has 1 atom stereocenters. The Morgan fingerprint density at radius 2 is 2.07 bits per heavy atom. The van der Waals surface area contributed by atoms with E-state index in [0.717, 1.165) is 5.56 Å². The van der Waals surface area contributed by atoms with Crippen LogP contribution in [0.25, 0.3) is 0 Å². The first-order chi connectivity index (χ1) is 6.63. The van der Waals surface area contributed by atoms with Gasteiger partial charge < -0.3 is 10.8 Å². The lowest BCUT2D eigenvalue weighted by Gasteiger charge is -2.08. The van der Waals surface area contributed by atoms with Crippen LogP contribution in [0.1, 0.15) is 23.6 Å². The minimum absolute atomic E-state index is 0.105. The van der Waals surface area contributed by atoms with E-state index in [-0.39, 0.29) is 6.42 Å². The summed E-state index contributed by atoms with van der Waals surface area (Å²) >= 11 is 0. The Kier molecular flexibility index (Phi) is 3.21. The van der Waals surface area contributed by atoms with Crippen molar-refractivity contribution in [2.45, 2.75) is 12.5 Å². The number of hydrogen-bond donors (Lipinski definition) is 2. The van der Waals surface area contributed by atoms with Crippen molar-refractivity contribution < 1.29 is 9.90 Å². The number of carboxylic acid groups (broad SMARTS) is 1. The highest BCUT2D eigenvalue weighted by molar-refractivity contribution is 5.67. The fourth-order valence-electron chi connectivity index (χ4n) is 1.11. The molecule has 0 saturated carbocycles. The predicted molar refractivity (Wildman–Crippen MR) is 50.3 cm³/mol. The lowest BCUT2D eigenvalue weighted by Crippen LogP contribution is -2.14. The number of nitrogens with two attached hydrogens (primary N) is 1. The number of carbonyl (C=O) groups is 1. The highest BCUT2D eigenvalue weighted by atomic mass is 16.4. The molecule has 3 N–H and O–H groups in total. The molecule has 0 saturated heterocycles. The van der Waals surface area contributed by atoms with Crippen LogP contribution in [0.3, 0.4) is 0 Å². The molecule has 0 bridgehead atoms. The molecule has 4 heteroatoms. The van der Waals surface area contributed by atoms with Crippen LogP contribution in [0.5, 0.6) is 0 Å². The zero-order valence-electron chi connectivity index (χ0n) is 7.47. The third kappa shape index (κ3) is 2.57. The van der Waals surface area contributed by atoms with Crippen molar-refractivity contribution in [2.75, 3.05) is 0 Å². The molecule has 0 fully saturated rings. The molecule has 1 rings (SSSR count). The summed E-state index contributed by atoms with van der Waals surface area (Å²) in [4.78, 5) is 10.4. The summed E-state index contributed by atoms with van der Waals surface area (Å²) in [5.74, 6) is -0.929. The monoisotopic (exact) mass is 190 g/mol. The van der Waals surface area contributed by atoms with Gasteiger partial charge in [-0.1, -0.05) is 12.1 Å². The first-order valence-corrected chi connectivity index (χ1v) is 4.11. The maximum atomic E-state index is 10.4. The van der Waals surface area contributed by atoms with Crippen LogP contribution >= 0.6 is 0 Å². The highest BCUT2D eigenvalue weighted by Gasteiger charge is 2.09. The Morgan fingerprint density at radius 1 is 1.50 bits per heavy atom. The molecule has 0 spiro atoms. The fraction of sp³-hybridized carbons (Fsp3) is 0.200. The summed E-state index contributed by atoms with van der Waals surface area (Å²) < 4.78 is 0. The number of benzene rings is 1. The molecule has 0 amide bonds. The molecule has 0 aliphatic carbocycles. The van der Waals surface area contributed by atoms with Crippen molar-refractivity contribution >= 4 is 5.97 Å². The van der Waals surface area contributed by atoms with Gasteiger partial charge in [-0.3, -0.25) is 4.79 Å². The fourth-order valence-corrected chi connectivity index (χ4v) is 1.11. The smallest absolute Gasteiger partial charge is 0.305 e. The summed E-state index contributed by atoms with van der Waals surface area (Å²) in [6.45, 7) is 0. The number of nitriles is 1. The van der Waals surface area contributed by atoms with E-state index in [4.69, 9.17) is 16.1 Å². The van der Waals surface area contributed by atoms with Gasteiger partial charge >= 0.3 is 5.97 Å². The summed E-state index contributed by atoms with van der Waals surface area (Å²) in [5, 5.41) is 17.1. The van der Waals surface area contributed by atoms with Gasteiger partial charge in [-0.25, -0.2) is 0 Å². The number of hydrogen-bond acceptors (Lipinski definition) is 3. The van der Waals surface area contributed by atoms with Gasteiger partial charge in [0, 0.05) is 6.04 Å². The van der Waals surface area contributed by atoms with Gasteiger partial charge in [-0.05, 0) is 17.7 Å². The molecular formula is C10H10N2O2. The normalized spacial score (nSPS) is 11.7. The Bertz CT molecular complexity index is 365. The summed E-state index contributed by atoms with van der Waals surface area (Å²) in [5.41, 5.74) is 6.89. The molecule has 0 unspecified atom stereocenters. The quantitative estimate of drug-likeness (QED) is 0.745. The number of rotatable bonds is 3. The van der Waals surface area contributed by atoms with E-state index in [0.29, 0.717) is 5.56 Å². The molecule has 72 valence electrons. The lowest BCUT2D eigenvalue weighted by atomic mass is 10.0. The van der Waals surface area contributed by atoms with Crippen LogP contribution in [-0.4, -0.2) is 11.1 Å². The second-order valence-electron chi connectivity index (χ2n) is 2.94. The third-order valence-electron chi connectivity index (χ3n) is 1.86. The van der Waals surface area contributed by atoms with E-state index in [9.17, 15) is 4.79 Å². The van der Waals surface area contributed by atoms with E-state index in [2.05, 4.69) is 0 Å². The van der Waals surface area contributed by atoms with Crippen molar-refractivity contribution in [3.63, 3.8) is 0 Å². The summed E-state index contributed by atoms with van der Waals surface area (Å²) in [6.07, 6.45) is -0.105. The van der Waals surface area contributed by atoms with E-state index >= 15 is 0 Å². The van der Waals surface area contributed by atoms with Gasteiger partial charge in [-0.2, -0.15) is 5.26 Å². The van der Waals surface area contributed by atoms with Gasteiger partial charge in [0.2, 0.25) is 0 Å². The van der Waals surface area contributed by atoms with E-state index in [1.165, 1.54) is 0 Å². The molecule has 0 aromatic heterocycles. The first kappa shape index (κ1) is 10.2. The zero-order chi connectivity index (χ0) is 10.6. The number of nitrogens with zero attached hydrogens (tertiary/aromatic N) is 1.